The number of benzene rings is 1. The van der Waals surface area contributed by atoms with E-state index in [0.717, 1.165) is 12.5 Å². The van der Waals surface area contributed by atoms with E-state index in [-0.39, 0.29) is 5.54 Å². The van der Waals surface area contributed by atoms with Gasteiger partial charge in [-0.1, -0.05) is 50.1 Å². The normalized spacial score (nSPS) is 15.3. The molecule has 2 unspecified atom stereocenters. The Morgan fingerprint density at radius 2 is 1.68 bits per heavy atom. The van der Waals surface area contributed by atoms with E-state index >= 15 is 0 Å². The minimum Gasteiger partial charge on any atom is -0.312 e. The quantitative estimate of drug-likeness (QED) is 0.790. The molecule has 1 rings (SSSR count). The summed E-state index contributed by atoms with van der Waals surface area (Å²) in [6.07, 6.45) is 2.43. The van der Waals surface area contributed by atoms with Crippen molar-refractivity contribution in [3.05, 3.63) is 35.4 Å². The fourth-order valence-electron chi connectivity index (χ4n) is 2.27. The van der Waals surface area contributed by atoms with Gasteiger partial charge in [-0.2, -0.15) is 0 Å². The summed E-state index contributed by atoms with van der Waals surface area (Å²) in [5.74, 6) is 1.48. The highest BCUT2D eigenvalue weighted by Crippen LogP contribution is 2.21. The van der Waals surface area contributed by atoms with Gasteiger partial charge >= 0.3 is 0 Å². The van der Waals surface area contributed by atoms with Gasteiger partial charge in [0.05, 0.1) is 0 Å². The first-order valence-electron chi connectivity index (χ1n) is 7.62. The van der Waals surface area contributed by atoms with Crippen LogP contribution < -0.4 is 5.32 Å². The van der Waals surface area contributed by atoms with Crippen LogP contribution in [0.4, 0.5) is 0 Å². The van der Waals surface area contributed by atoms with Gasteiger partial charge < -0.3 is 5.32 Å². The molecule has 0 aliphatic heterocycles. The van der Waals surface area contributed by atoms with E-state index in [0.29, 0.717) is 5.92 Å². The van der Waals surface area contributed by atoms with Crippen LogP contribution in [0.2, 0.25) is 0 Å². The molecule has 0 aromatic heterocycles. The highest BCUT2D eigenvalue weighted by Gasteiger charge is 2.19. The number of hydrogen-bond acceptors (Lipinski definition) is 1. The summed E-state index contributed by atoms with van der Waals surface area (Å²) in [5.41, 5.74) is 3.02. The Morgan fingerprint density at radius 1 is 1.11 bits per heavy atom. The smallest absolute Gasteiger partial charge is 0.00966 e. The van der Waals surface area contributed by atoms with Crippen LogP contribution in [-0.2, 0) is 6.42 Å². The highest BCUT2D eigenvalue weighted by molar-refractivity contribution is 5.21. The van der Waals surface area contributed by atoms with Gasteiger partial charge in [0.2, 0.25) is 0 Å². The minimum atomic E-state index is 0.207. The van der Waals surface area contributed by atoms with Crippen LogP contribution in [0.1, 0.15) is 52.2 Å². The third-order valence-electron chi connectivity index (χ3n) is 3.96. The molecule has 0 fully saturated rings. The maximum Gasteiger partial charge on any atom is 0.00966 e. The molecule has 19 heavy (non-hydrogen) atoms. The Bertz CT molecular complexity index is 358. The second-order valence-electron chi connectivity index (χ2n) is 6.97. The molecule has 0 saturated carbocycles. The van der Waals surface area contributed by atoms with Crippen molar-refractivity contribution < 1.29 is 0 Å². The molecule has 0 amide bonds. The molecule has 0 aliphatic rings. The summed E-state index contributed by atoms with van der Waals surface area (Å²) >= 11 is 0. The monoisotopic (exact) mass is 261 g/mol. The van der Waals surface area contributed by atoms with Crippen molar-refractivity contribution in [1.82, 2.24) is 5.32 Å². The molecule has 0 radical (unpaired) electrons. The highest BCUT2D eigenvalue weighted by atomic mass is 14.9. The molecule has 2 atom stereocenters. The first kappa shape index (κ1) is 16.2. The first-order chi connectivity index (χ1) is 8.81. The van der Waals surface area contributed by atoms with E-state index in [1.165, 1.54) is 24.0 Å². The van der Waals surface area contributed by atoms with Crippen LogP contribution in [-0.4, -0.2) is 12.1 Å². The number of nitrogens with one attached hydrogen (secondary N) is 1. The van der Waals surface area contributed by atoms with Gasteiger partial charge in [0.15, 0.2) is 0 Å². The van der Waals surface area contributed by atoms with Crippen molar-refractivity contribution >= 4 is 0 Å². The van der Waals surface area contributed by atoms with Crippen molar-refractivity contribution in [2.75, 3.05) is 6.54 Å². The maximum absolute atomic E-state index is 3.67. The molecule has 1 heteroatoms. The maximum atomic E-state index is 3.67. The molecule has 0 saturated heterocycles. The van der Waals surface area contributed by atoms with Crippen LogP contribution in [0.3, 0.4) is 0 Å². The molecular weight excluding hydrogens is 230 g/mol. The molecule has 0 spiro atoms. The molecule has 0 heterocycles. The summed E-state index contributed by atoms with van der Waals surface area (Å²) in [7, 11) is 0. The molecule has 0 bridgehead atoms. The van der Waals surface area contributed by atoms with Crippen LogP contribution in [0.5, 0.6) is 0 Å². The van der Waals surface area contributed by atoms with Crippen LogP contribution in [0.15, 0.2) is 24.3 Å². The lowest BCUT2D eigenvalue weighted by molar-refractivity contribution is 0.292. The van der Waals surface area contributed by atoms with Gasteiger partial charge in [-0.3, -0.25) is 0 Å². The average Bonchev–Trinajstić information content (AvgIpc) is 2.34. The topological polar surface area (TPSA) is 12.0 Å². The second kappa shape index (κ2) is 7.09. The summed E-state index contributed by atoms with van der Waals surface area (Å²) in [6, 6.07) is 9.00. The molecule has 0 aliphatic carbocycles. The van der Waals surface area contributed by atoms with Gasteiger partial charge in [-0.25, -0.2) is 0 Å². The van der Waals surface area contributed by atoms with Crippen LogP contribution in [0.25, 0.3) is 0 Å². The third kappa shape index (κ3) is 6.24. The van der Waals surface area contributed by atoms with Crippen molar-refractivity contribution in [2.24, 2.45) is 11.8 Å². The fourth-order valence-corrected chi connectivity index (χ4v) is 2.27. The van der Waals surface area contributed by atoms with E-state index in [4.69, 9.17) is 0 Å². The predicted octanol–water partition coefficient (Wildman–Crippen LogP) is 4.59. The van der Waals surface area contributed by atoms with Gasteiger partial charge in [0.1, 0.15) is 0 Å². The molecule has 1 nitrogen and oxygen atoms in total. The summed E-state index contributed by atoms with van der Waals surface area (Å²) in [6.45, 7) is 14.7. The summed E-state index contributed by atoms with van der Waals surface area (Å²) < 4.78 is 0. The van der Waals surface area contributed by atoms with E-state index in [1.54, 1.807) is 0 Å². The SMILES string of the molecule is CCC(C)C(CNC(C)(C)C)Cc1ccc(C)cc1. The number of rotatable bonds is 6. The van der Waals surface area contributed by atoms with Crippen molar-refractivity contribution in [3.63, 3.8) is 0 Å². The Hall–Kier alpha value is -0.820. The zero-order valence-corrected chi connectivity index (χ0v) is 13.6. The first-order valence-corrected chi connectivity index (χ1v) is 7.62. The lowest BCUT2D eigenvalue weighted by atomic mass is 9.85. The van der Waals surface area contributed by atoms with Gasteiger partial charge in [0, 0.05) is 5.54 Å². The molecule has 1 aromatic rings. The van der Waals surface area contributed by atoms with Crippen LogP contribution in [0, 0.1) is 18.8 Å². The Kier molecular flexibility index (Phi) is 6.06. The Balaban J connectivity index is 2.66. The standard InChI is InChI=1S/C18H31N/c1-7-15(3)17(13-19-18(4,5)6)12-16-10-8-14(2)9-11-16/h8-11,15,17,19H,7,12-13H2,1-6H3. The van der Waals surface area contributed by atoms with E-state index in [1.807, 2.05) is 0 Å². The molecule has 1 N–H and O–H groups in total. The zero-order valence-electron chi connectivity index (χ0n) is 13.6. The number of hydrogen-bond donors (Lipinski definition) is 1. The molecule has 1 aromatic carbocycles. The Morgan fingerprint density at radius 3 is 2.16 bits per heavy atom. The summed E-state index contributed by atoms with van der Waals surface area (Å²) in [5, 5.41) is 3.67. The minimum absolute atomic E-state index is 0.207. The van der Waals surface area contributed by atoms with Crippen molar-refractivity contribution in [3.8, 4) is 0 Å². The third-order valence-corrected chi connectivity index (χ3v) is 3.96. The summed E-state index contributed by atoms with van der Waals surface area (Å²) in [4.78, 5) is 0. The lowest BCUT2D eigenvalue weighted by Crippen LogP contribution is -2.41. The van der Waals surface area contributed by atoms with Crippen molar-refractivity contribution in [1.29, 1.82) is 0 Å². The fraction of sp³-hybridized carbons (Fsp3) is 0.667. The number of aryl methyl sites for hydroxylation is 1. The van der Waals surface area contributed by atoms with Crippen LogP contribution >= 0.6 is 0 Å². The van der Waals surface area contributed by atoms with Gasteiger partial charge in [-0.15, -0.1) is 0 Å². The zero-order chi connectivity index (χ0) is 14.5. The molecular formula is C18H31N. The van der Waals surface area contributed by atoms with Gasteiger partial charge in [0.25, 0.3) is 0 Å². The van der Waals surface area contributed by atoms with E-state index < -0.39 is 0 Å². The van der Waals surface area contributed by atoms with Crippen molar-refractivity contribution in [2.45, 2.75) is 59.9 Å². The largest absolute Gasteiger partial charge is 0.312 e. The Labute approximate surface area is 119 Å². The van der Waals surface area contributed by atoms with E-state index in [2.05, 4.69) is 71.1 Å². The van der Waals surface area contributed by atoms with Gasteiger partial charge in [-0.05, 0) is 58.1 Å². The molecule has 108 valence electrons. The van der Waals surface area contributed by atoms with E-state index in [9.17, 15) is 0 Å². The predicted molar refractivity (Wildman–Crippen MR) is 85.6 cm³/mol. The second-order valence-corrected chi connectivity index (χ2v) is 6.97. The lowest BCUT2D eigenvalue weighted by Gasteiger charge is -2.29. The average molecular weight is 261 g/mol.